The molecule has 1 aromatic rings. The molecule has 0 aliphatic carbocycles. The molecular formula is C15H19BrFNO3. The van der Waals surface area contributed by atoms with Crippen LogP contribution in [0.5, 0.6) is 0 Å². The van der Waals surface area contributed by atoms with Crippen LogP contribution < -0.4 is 0 Å². The van der Waals surface area contributed by atoms with Gasteiger partial charge in [-0.1, -0.05) is 19.9 Å². The predicted octanol–water partition coefficient (Wildman–Crippen LogP) is 3.25. The van der Waals surface area contributed by atoms with Gasteiger partial charge < -0.3 is 9.64 Å². The molecule has 0 N–H and O–H groups in total. The van der Waals surface area contributed by atoms with Crippen molar-refractivity contribution in [3.8, 4) is 0 Å². The summed E-state index contributed by atoms with van der Waals surface area (Å²) in [4.78, 5) is 25.4. The second-order valence-electron chi connectivity index (χ2n) is 4.98. The third-order valence-corrected chi connectivity index (χ3v) is 3.34. The number of benzene rings is 1. The number of hydrogen-bond acceptors (Lipinski definition) is 3. The molecule has 1 rings (SSSR count). The minimum Gasteiger partial charge on any atom is -0.465 e. The summed E-state index contributed by atoms with van der Waals surface area (Å²) in [5.41, 5.74) is -0.0672. The SMILES string of the molecule is CCOC(=O)CN(CC(C)C)C(=O)c1c(F)cccc1Br. The standard InChI is InChI=1S/C15H19BrFNO3/c1-4-21-13(19)9-18(8-10(2)3)15(20)14-11(16)6-5-7-12(14)17/h5-7,10H,4,8-9H2,1-3H3. The molecule has 0 aliphatic rings. The van der Waals surface area contributed by atoms with Crippen LogP contribution in [-0.2, 0) is 9.53 Å². The van der Waals surface area contributed by atoms with Crippen molar-refractivity contribution in [3.63, 3.8) is 0 Å². The Kier molecular flexibility index (Phi) is 6.81. The van der Waals surface area contributed by atoms with Crippen LogP contribution >= 0.6 is 15.9 Å². The van der Waals surface area contributed by atoms with Gasteiger partial charge in [0.05, 0.1) is 12.2 Å². The second-order valence-corrected chi connectivity index (χ2v) is 5.84. The molecule has 0 fully saturated rings. The Morgan fingerprint density at radius 2 is 2.05 bits per heavy atom. The molecule has 0 radical (unpaired) electrons. The normalized spacial score (nSPS) is 10.6. The number of carbonyl (C=O) groups excluding carboxylic acids is 2. The average molecular weight is 360 g/mol. The number of rotatable bonds is 6. The summed E-state index contributed by atoms with van der Waals surface area (Å²) in [6.07, 6.45) is 0. The molecule has 0 unspecified atom stereocenters. The van der Waals surface area contributed by atoms with Crippen LogP contribution in [0, 0.1) is 11.7 Å². The van der Waals surface area contributed by atoms with Crippen molar-refractivity contribution in [1.29, 1.82) is 0 Å². The number of nitrogens with zero attached hydrogens (tertiary/aromatic N) is 1. The van der Waals surface area contributed by atoms with Gasteiger partial charge in [0.25, 0.3) is 5.91 Å². The van der Waals surface area contributed by atoms with Crippen molar-refractivity contribution in [3.05, 3.63) is 34.1 Å². The van der Waals surface area contributed by atoms with E-state index in [9.17, 15) is 14.0 Å². The zero-order valence-electron chi connectivity index (χ0n) is 12.4. The predicted molar refractivity (Wildman–Crippen MR) is 81.5 cm³/mol. The molecule has 1 amide bonds. The number of carbonyl (C=O) groups is 2. The van der Waals surface area contributed by atoms with Gasteiger partial charge in [-0.15, -0.1) is 0 Å². The Labute approximate surface area is 132 Å². The van der Waals surface area contributed by atoms with E-state index in [0.717, 1.165) is 0 Å². The molecule has 0 saturated carbocycles. The lowest BCUT2D eigenvalue weighted by molar-refractivity contribution is -0.143. The molecule has 0 atom stereocenters. The molecule has 0 bridgehead atoms. The molecule has 0 saturated heterocycles. The van der Waals surface area contributed by atoms with Crippen LogP contribution in [0.2, 0.25) is 0 Å². The van der Waals surface area contributed by atoms with Crippen molar-refractivity contribution in [2.75, 3.05) is 19.7 Å². The van der Waals surface area contributed by atoms with Gasteiger partial charge in [0, 0.05) is 11.0 Å². The Bertz CT molecular complexity index is 499. The molecular weight excluding hydrogens is 341 g/mol. The Morgan fingerprint density at radius 1 is 1.38 bits per heavy atom. The Morgan fingerprint density at radius 3 is 2.57 bits per heavy atom. The fourth-order valence-electron chi connectivity index (χ4n) is 1.88. The van der Waals surface area contributed by atoms with Gasteiger partial charge in [0.2, 0.25) is 0 Å². The first-order valence-corrected chi connectivity index (χ1v) is 7.55. The van der Waals surface area contributed by atoms with Crippen molar-refractivity contribution >= 4 is 27.8 Å². The molecule has 6 heteroatoms. The molecule has 0 aromatic heterocycles. The summed E-state index contributed by atoms with van der Waals surface area (Å²) in [5, 5.41) is 0. The monoisotopic (exact) mass is 359 g/mol. The summed E-state index contributed by atoms with van der Waals surface area (Å²) in [5.74, 6) is -1.50. The minimum atomic E-state index is -0.619. The second kappa shape index (κ2) is 8.12. The smallest absolute Gasteiger partial charge is 0.325 e. The first-order chi connectivity index (χ1) is 9.86. The summed E-state index contributed by atoms with van der Waals surface area (Å²) in [6.45, 7) is 5.93. The maximum Gasteiger partial charge on any atom is 0.325 e. The van der Waals surface area contributed by atoms with Crippen LogP contribution in [0.25, 0.3) is 0 Å². The zero-order chi connectivity index (χ0) is 16.0. The maximum absolute atomic E-state index is 13.9. The molecule has 1 aromatic carbocycles. The number of amides is 1. The lowest BCUT2D eigenvalue weighted by Crippen LogP contribution is -2.39. The van der Waals surface area contributed by atoms with E-state index in [1.165, 1.54) is 17.0 Å². The van der Waals surface area contributed by atoms with Crippen LogP contribution in [0.3, 0.4) is 0 Å². The molecule has 4 nitrogen and oxygen atoms in total. The van der Waals surface area contributed by atoms with E-state index in [2.05, 4.69) is 15.9 Å². The number of esters is 1. The van der Waals surface area contributed by atoms with E-state index < -0.39 is 17.7 Å². The number of halogens is 2. The lowest BCUT2D eigenvalue weighted by atomic mass is 10.1. The highest BCUT2D eigenvalue weighted by atomic mass is 79.9. The summed E-state index contributed by atoms with van der Waals surface area (Å²) < 4.78 is 19.1. The van der Waals surface area contributed by atoms with Crippen LogP contribution in [0.1, 0.15) is 31.1 Å². The van der Waals surface area contributed by atoms with Gasteiger partial charge >= 0.3 is 5.97 Å². The highest BCUT2D eigenvalue weighted by molar-refractivity contribution is 9.10. The van der Waals surface area contributed by atoms with Gasteiger partial charge in [0.1, 0.15) is 12.4 Å². The Balaban J connectivity index is 3.02. The number of hydrogen-bond donors (Lipinski definition) is 0. The van der Waals surface area contributed by atoms with E-state index in [0.29, 0.717) is 11.0 Å². The first kappa shape index (κ1) is 17.6. The van der Waals surface area contributed by atoms with E-state index >= 15 is 0 Å². The van der Waals surface area contributed by atoms with Crippen LogP contribution in [-0.4, -0.2) is 36.5 Å². The third-order valence-electron chi connectivity index (χ3n) is 2.67. The lowest BCUT2D eigenvalue weighted by Gasteiger charge is -2.24. The first-order valence-electron chi connectivity index (χ1n) is 6.75. The van der Waals surface area contributed by atoms with Crippen molar-refractivity contribution < 1.29 is 18.7 Å². The van der Waals surface area contributed by atoms with Crippen LogP contribution in [0.15, 0.2) is 22.7 Å². The van der Waals surface area contributed by atoms with Crippen molar-refractivity contribution in [2.45, 2.75) is 20.8 Å². The third kappa shape index (κ3) is 5.12. The van der Waals surface area contributed by atoms with E-state index in [4.69, 9.17) is 4.74 Å². The van der Waals surface area contributed by atoms with Crippen molar-refractivity contribution in [2.24, 2.45) is 5.92 Å². The fourth-order valence-corrected chi connectivity index (χ4v) is 2.39. The quantitative estimate of drug-likeness (QED) is 0.732. The van der Waals surface area contributed by atoms with E-state index in [-0.39, 0.29) is 24.6 Å². The fraction of sp³-hybridized carbons (Fsp3) is 0.467. The summed E-state index contributed by atoms with van der Waals surface area (Å²) in [6, 6.07) is 4.32. The summed E-state index contributed by atoms with van der Waals surface area (Å²) in [7, 11) is 0. The largest absolute Gasteiger partial charge is 0.465 e. The average Bonchev–Trinajstić information content (AvgIpc) is 2.37. The van der Waals surface area contributed by atoms with Gasteiger partial charge in [-0.3, -0.25) is 9.59 Å². The minimum absolute atomic E-state index is 0.0672. The van der Waals surface area contributed by atoms with E-state index in [1.54, 1.807) is 13.0 Å². The summed E-state index contributed by atoms with van der Waals surface area (Å²) >= 11 is 3.18. The van der Waals surface area contributed by atoms with Crippen molar-refractivity contribution in [1.82, 2.24) is 4.90 Å². The molecule has 0 heterocycles. The molecule has 116 valence electrons. The maximum atomic E-state index is 13.9. The van der Waals surface area contributed by atoms with Crippen LogP contribution in [0.4, 0.5) is 4.39 Å². The topological polar surface area (TPSA) is 46.6 Å². The van der Waals surface area contributed by atoms with Gasteiger partial charge in [0.15, 0.2) is 0 Å². The highest BCUT2D eigenvalue weighted by Gasteiger charge is 2.24. The molecule has 0 aliphatic heterocycles. The Hall–Kier alpha value is -1.43. The molecule has 0 spiro atoms. The number of ether oxygens (including phenoxy) is 1. The highest BCUT2D eigenvalue weighted by Crippen LogP contribution is 2.22. The van der Waals surface area contributed by atoms with Gasteiger partial charge in [-0.2, -0.15) is 0 Å². The molecule has 21 heavy (non-hydrogen) atoms. The van der Waals surface area contributed by atoms with Gasteiger partial charge in [-0.05, 0) is 40.9 Å². The van der Waals surface area contributed by atoms with E-state index in [1.807, 2.05) is 13.8 Å². The zero-order valence-corrected chi connectivity index (χ0v) is 13.9. The van der Waals surface area contributed by atoms with Gasteiger partial charge in [-0.25, -0.2) is 4.39 Å².